The second-order valence-corrected chi connectivity index (χ2v) is 3.90. The Bertz CT molecular complexity index is 303. The number of phenols is 2. The molecule has 1 aromatic carbocycles. The Morgan fingerprint density at radius 1 is 1.15 bits per heavy atom. The lowest BCUT2D eigenvalue weighted by atomic mass is 9.92. The average Bonchev–Trinajstić information content (AvgIpc) is 1.78. The molecule has 0 bridgehead atoms. The Morgan fingerprint density at radius 2 is 1.54 bits per heavy atom. The monoisotopic (exact) mass is 181 g/mol. The summed E-state index contributed by atoms with van der Waals surface area (Å²) in [6.45, 7) is 5.26. The van der Waals surface area contributed by atoms with Crippen molar-refractivity contribution in [3.05, 3.63) is 23.3 Å². The molecule has 0 aliphatic rings. The third kappa shape index (κ3) is 1.92. The Hall–Kier alpha value is -1.22. The molecule has 3 nitrogen and oxygen atoms in total. The summed E-state index contributed by atoms with van der Waals surface area (Å²) in [6.07, 6.45) is 0. The second kappa shape index (κ2) is 2.92. The van der Waals surface area contributed by atoms with Crippen molar-refractivity contribution in [1.82, 2.24) is 0 Å². The highest BCUT2D eigenvalue weighted by molar-refractivity contribution is 5.49. The molecule has 0 aliphatic heterocycles. The number of hydrogen-bond donors (Lipinski definition) is 3. The van der Waals surface area contributed by atoms with Gasteiger partial charge in [0.05, 0.1) is 5.56 Å². The van der Waals surface area contributed by atoms with Gasteiger partial charge in [-0.2, -0.15) is 0 Å². The highest BCUT2D eigenvalue weighted by atomic mass is 16.3. The number of hydrogen-bond acceptors (Lipinski definition) is 3. The molecular weight excluding hydrogens is 166 g/mol. The predicted molar refractivity (Wildman–Crippen MR) is 51.7 cm³/mol. The van der Waals surface area contributed by atoms with Crippen molar-refractivity contribution < 1.29 is 10.2 Å². The first kappa shape index (κ1) is 9.86. The van der Waals surface area contributed by atoms with Crippen molar-refractivity contribution in [3.8, 4) is 11.5 Å². The molecule has 0 atom stereocenters. The molecule has 0 radical (unpaired) electrons. The van der Waals surface area contributed by atoms with Crippen LogP contribution >= 0.6 is 0 Å². The van der Waals surface area contributed by atoms with E-state index in [0.29, 0.717) is 5.56 Å². The van der Waals surface area contributed by atoms with Crippen molar-refractivity contribution in [3.63, 3.8) is 0 Å². The summed E-state index contributed by atoms with van der Waals surface area (Å²) < 4.78 is 0. The molecule has 72 valence electrons. The quantitative estimate of drug-likeness (QED) is 0.616. The van der Waals surface area contributed by atoms with Gasteiger partial charge in [0.15, 0.2) is 0 Å². The van der Waals surface area contributed by atoms with E-state index in [9.17, 15) is 10.2 Å². The van der Waals surface area contributed by atoms with E-state index in [0.717, 1.165) is 5.56 Å². The molecule has 0 saturated carbocycles. The van der Waals surface area contributed by atoms with E-state index in [1.54, 1.807) is 32.9 Å². The minimum absolute atomic E-state index is 0.0463. The van der Waals surface area contributed by atoms with Crippen molar-refractivity contribution in [2.45, 2.75) is 26.3 Å². The summed E-state index contributed by atoms with van der Waals surface area (Å²) in [5, 5.41) is 19.1. The van der Waals surface area contributed by atoms with Crippen LogP contribution in [0.2, 0.25) is 0 Å². The van der Waals surface area contributed by atoms with Gasteiger partial charge in [-0.1, -0.05) is 0 Å². The fourth-order valence-electron chi connectivity index (χ4n) is 1.41. The Labute approximate surface area is 77.8 Å². The summed E-state index contributed by atoms with van der Waals surface area (Å²) in [6, 6.07) is 3.17. The molecule has 0 aliphatic carbocycles. The maximum Gasteiger partial charge on any atom is 0.124 e. The molecule has 0 fully saturated rings. The lowest BCUT2D eigenvalue weighted by molar-refractivity contribution is 0.403. The van der Waals surface area contributed by atoms with E-state index in [4.69, 9.17) is 5.73 Å². The molecular formula is C10H15NO2. The average molecular weight is 181 g/mol. The molecule has 3 heteroatoms. The topological polar surface area (TPSA) is 66.5 Å². The Kier molecular flexibility index (Phi) is 2.22. The minimum Gasteiger partial charge on any atom is -0.507 e. The highest BCUT2D eigenvalue weighted by Gasteiger charge is 2.22. The van der Waals surface area contributed by atoms with Crippen LogP contribution in [0.3, 0.4) is 0 Å². The zero-order chi connectivity index (χ0) is 10.2. The van der Waals surface area contributed by atoms with Crippen molar-refractivity contribution in [2.24, 2.45) is 5.73 Å². The summed E-state index contributed by atoms with van der Waals surface area (Å²) in [4.78, 5) is 0. The van der Waals surface area contributed by atoms with E-state index < -0.39 is 5.54 Å². The molecule has 0 aromatic heterocycles. The minimum atomic E-state index is -0.734. The fourth-order valence-corrected chi connectivity index (χ4v) is 1.41. The van der Waals surface area contributed by atoms with Crippen LogP contribution in [0.5, 0.6) is 11.5 Å². The molecule has 0 amide bonds. The lowest BCUT2D eigenvalue weighted by Gasteiger charge is -2.21. The van der Waals surface area contributed by atoms with Crippen LogP contribution in [0.25, 0.3) is 0 Å². The molecule has 0 spiro atoms. The Balaban J connectivity index is 3.38. The standard InChI is InChI=1S/C10H15NO2/c1-6-4-7(12)9(8(13)5-6)10(2,3)11/h4-5,12-13H,11H2,1-3H3. The first-order valence-electron chi connectivity index (χ1n) is 4.14. The molecule has 1 aromatic rings. The summed E-state index contributed by atoms with van der Waals surface area (Å²) >= 11 is 0. The van der Waals surface area contributed by atoms with Gasteiger partial charge in [-0.3, -0.25) is 0 Å². The van der Waals surface area contributed by atoms with E-state index >= 15 is 0 Å². The number of rotatable bonds is 1. The first-order valence-corrected chi connectivity index (χ1v) is 4.14. The van der Waals surface area contributed by atoms with Crippen LogP contribution in [0.4, 0.5) is 0 Å². The number of aromatic hydroxyl groups is 2. The summed E-state index contributed by atoms with van der Waals surface area (Å²) in [7, 11) is 0. The van der Waals surface area contributed by atoms with Gasteiger partial charge >= 0.3 is 0 Å². The molecule has 0 saturated heterocycles. The molecule has 0 heterocycles. The van der Waals surface area contributed by atoms with Gasteiger partial charge in [0.2, 0.25) is 0 Å². The van der Waals surface area contributed by atoms with Crippen molar-refractivity contribution in [2.75, 3.05) is 0 Å². The van der Waals surface area contributed by atoms with Crippen LogP contribution in [-0.2, 0) is 5.54 Å². The second-order valence-electron chi connectivity index (χ2n) is 3.90. The van der Waals surface area contributed by atoms with Crippen molar-refractivity contribution in [1.29, 1.82) is 0 Å². The third-order valence-corrected chi connectivity index (χ3v) is 1.89. The van der Waals surface area contributed by atoms with E-state index in [2.05, 4.69) is 0 Å². The molecule has 4 N–H and O–H groups in total. The predicted octanol–water partition coefficient (Wildman–Crippen LogP) is 1.60. The zero-order valence-electron chi connectivity index (χ0n) is 8.13. The molecule has 1 rings (SSSR count). The number of aryl methyl sites for hydroxylation is 1. The first-order chi connectivity index (χ1) is 5.82. The van der Waals surface area contributed by atoms with Gasteiger partial charge in [-0.05, 0) is 38.5 Å². The SMILES string of the molecule is Cc1cc(O)c(C(C)(C)N)c(O)c1. The van der Waals surface area contributed by atoms with Gasteiger partial charge in [0, 0.05) is 5.54 Å². The molecule has 13 heavy (non-hydrogen) atoms. The fraction of sp³-hybridized carbons (Fsp3) is 0.400. The van der Waals surface area contributed by atoms with Crippen LogP contribution in [0.15, 0.2) is 12.1 Å². The van der Waals surface area contributed by atoms with Gasteiger partial charge < -0.3 is 15.9 Å². The van der Waals surface area contributed by atoms with E-state index in [1.807, 2.05) is 0 Å². The van der Waals surface area contributed by atoms with Gasteiger partial charge in [0.1, 0.15) is 11.5 Å². The maximum absolute atomic E-state index is 9.57. The highest BCUT2D eigenvalue weighted by Crippen LogP contribution is 2.35. The van der Waals surface area contributed by atoms with Crippen LogP contribution in [0.1, 0.15) is 25.0 Å². The number of benzene rings is 1. The number of phenolic OH excluding ortho intramolecular Hbond substituents is 2. The summed E-state index contributed by atoms with van der Waals surface area (Å²) in [5.41, 5.74) is 6.25. The van der Waals surface area contributed by atoms with Gasteiger partial charge in [0.25, 0.3) is 0 Å². The Morgan fingerprint density at radius 3 is 1.85 bits per heavy atom. The lowest BCUT2D eigenvalue weighted by Crippen LogP contribution is -2.28. The largest absolute Gasteiger partial charge is 0.507 e. The van der Waals surface area contributed by atoms with Crippen LogP contribution in [-0.4, -0.2) is 10.2 Å². The van der Waals surface area contributed by atoms with Gasteiger partial charge in [-0.15, -0.1) is 0 Å². The number of nitrogens with two attached hydrogens (primary N) is 1. The van der Waals surface area contributed by atoms with E-state index in [1.165, 1.54) is 0 Å². The van der Waals surface area contributed by atoms with Crippen molar-refractivity contribution >= 4 is 0 Å². The summed E-state index contributed by atoms with van der Waals surface area (Å²) in [5.74, 6) is 0.0926. The maximum atomic E-state index is 9.57. The zero-order valence-corrected chi connectivity index (χ0v) is 8.13. The van der Waals surface area contributed by atoms with E-state index in [-0.39, 0.29) is 11.5 Å². The van der Waals surface area contributed by atoms with Gasteiger partial charge in [-0.25, -0.2) is 0 Å². The molecule has 0 unspecified atom stereocenters. The normalized spacial score (nSPS) is 11.7. The third-order valence-electron chi connectivity index (χ3n) is 1.89. The smallest absolute Gasteiger partial charge is 0.124 e. The van der Waals surface area contributed by atoms with Crippen LogP contribution in [0, 0.1) is 6.92 Å². The van der Waals surface area contributed by atoms with Crippen LogP contribution < -0.4 is 5.73 Å².